The van der Waals surface area contributed by atoms with Gasteiger partial charge in [0.2, 0.25) is 0 Å². The fourth-order valence-corrected chi connectivity index (χ4v) is 3.24. The number of aryl methyl sites for hydroxylation is 1. The largest absolute Gasteiger partial charge is 0.371 e. The summed E-state index contributed by atoms with van der Waals surface area (Å²) in [5.41, 5.74) is 4.14. The van der Waals surface area contributed by atoms with E-state index >= 15 is 0 Å². The summed E-state index contributed by atoms with van der Waals surface area (Å²) >= 11 is 0. The zero-order valence-electron chi connectivity index (χ0n) is 13.3. The average Bonchev–Trinajstić information content (AvgIpc) is 2.48. The SMILES string of the molecule is Cc1cnc2ccc(N(C)C3CC(C)NCC3C)cc2n1. The van der Waals surface area contributed by atoms with Gasteiger partial charge in [-0.3, -0.25) is 4.98 Å². The molecule has 0 aliphatic carbocycles. The van der Waals surface area contributed by atoms with E-state index in [2.05, 4.69) is 59.3 Å². The van der Waals surface area contributed by atoms with Gasteiger partial charge >= 0.3 is 0 Å². The van der Waals surface area contributed by atoms with Crippen LogP contribution >= 0.6 is 0 Å². The first-order valence-electron chi connectivity index (χ1n) is 7.74. The Kier molecular flexibility index (Phi) is 3.81. The van der Waals surface area contributed by atoms with E-state index in [1.807, 2.05) is 13.1 Å². The topological polar surface area (TPSA) is 41.1 Å². The molecule has 2 heterocycles. The molecule has 1 aliphatic rings. The molecule has 0 bridgehead atoms. The van der Waals surface area contributed by atoms with E-state index in [9.17, 15) is 0 Å². The third-order valence-electron chi connectivity index (χ3n) is 4.59. The number of nitrogens with zero attached hydrogens (tertiary/aromatic N) is 3. The molecular formula is C17H24N4. The molecule has 1 aliphatic heterocycles. The van der Waals surface area contributed by atoms with Crippen molar-refractivity contribution in [2.45, 2.75) is 39.3 Å². The van der Waals surface area contributed by atoms with Crippen molar-refractivity contribution < 1.29 is 0 Å². The smallest absolute Gasteiger partial charge is 0.0910 e. The third-order valence-corrected chi connectivity index (χ3v) is 4.59. The lowest BCUT2D eigenvalue weighted by atomic mass is 9.90. The van der Waals surface area contributed by atoms with Crippen molar-refractivity contribution in [2.75, 3.05) is 18.5 Å². The molecular weight excluding hydrogens is 260 g/mol. The first-order chi connectivity index (χ1) is 10.0. The van der Waals surface area contributed by atoms with Crippen LogP contribution in [0.1, 0.15) is 26.0 Å². The van der Waals surface area contributed by atoms with Gasteiger partial charge in [-0.15, -0.1) is 0 Å². The van der Waals surface area contributed by atoms with Crippen LogP contribution < -0.4 is 10.2 Å². The van der Waals surface area contributed by atoms with E-state index in [0.29, 0.717) is 18.0 Å². The zero-order chi connectivity index (χ0) is 15.0. The van der Waals surface area contributed by atoms with Crippen molar-refractivity contribution in [3.63, 3.8) is 0 Å². The number of benzene rings is 1. The van der Waals surface area contributed by atoms with Crippen LogP contribution in [-0.4, -0.2) is 35.6 Å². The van der Waals surface area contributed by atoms with E-state index in [-0.39, 0.29) is 0 Å². The monoisotopic (exact) mass is 284 g/mol. The Morgan fingerprint density at radius 1 is 1.24 bits per heavy atom. The lowest BCUT2D eigenvalue weighted by Gasteiger charge is -2.40. The molecule has 1 aromatic carbocycles. The molecule has 1 N–H and O–H groups in total. The Labute approximate surface area is 126 Å². The van der Waals surface area contributed by atoms with Crippen molar-refractivity contribution in [3.05, 3.63) is 30.1 Å². The van der Waals surface area contributed by atoms with Gasteiger partial charge in [-0.2, -0.15) is 0 Å². The quantitative estimate of drug-likeness (QED) is 0.920. The van der Waals surface area contributed by atoms with Crippen LogP contribution in [0.15, 0.2) is 24.4 Å². The first kappa shape index (κ1) is 14.3. The van der Waals surface area contributed by atoms with Crippen LogP contribution in [0.2, 0.25) is 0 Å². The predicted octanol–water partition coefficient (Wildman–Crippen LogP) is 2.76. The fourth-order valence-electron chi connectivity index (χ4n) is 3.24. The molecule has 112 valence electrons. The standard InChI is InChI=1S/C17H24N4/c1-11-9-18-12(2)7-17(11)21(4)14-5-6-15-16(8-14)20-13(3)10-19-15/h5-6,8,10-12,17-18H,7,9H2,1-4H3. The predicted molar refractivity (Wildman–Crippen MR) is 87.7 cm³/mol. The summed E-state index contributed by atoms with van der Waals surface area (Å²) in [7, 11) is 2.20. The van der Waals surface area contributed by atoms with E-state index in [1.165, 1.54) is 12.1 Å². The van der Waals surface area contributed by atoms with Gasteiger partial charge in [0.05, 0.1) is 16.7 Å². The summed E-state index contributed by atoms with van der Waals surface area (Å²) in [6, 6.07) is 7.54. The summed E-state index contributed by atoms with van der Waals surface area (Å²) in [4.78, 5) is 11.4. The zero-order valence-corrected chi connectivity index (χ0v) is 13.3. The minimum Gasteiger partial charge on any atom is -0.371 e. The molecule has 0 spiro atoms. The molecule has 3 rings (SSSR count). The minimum atomic E-state index is 0.566. The maximum atomic E-state index is 4.60. The second-order valence-electron chi connectivity index (χ2n) is 6.38. The van der Waals surface area contributed by atoms with Gasteiger partial charge < -0.3 is 10.2 Å². The number of anilines is 1. The number of nitrogens with one attached hydrogen (secondary N) is 1. The molecule has 2 aromatic rings. The highest BCUT2D eigenvalue weighted by atomic mass is 15.2. The Morgan fingerprint density at radius 3 is 2.86 bits per heavy atom. The van der Waals surface area contributed by atoms with Crippen LogP contribution in [0.5, 0.6) is 0 Å². The van der Waals surface area contributed by atoms with Crippen molar-refractivity contribution >= 4 is 16.7 Å². The fraction of sp³-hybridized carbons (Fsp3) is 0.529. The van der Waals surface area contributed by atoms with Gasteiger partial charge in [0.15, 0.2) is 0 Å². The molecule has 1 fully saturated rings. The number of fused-ring (bicyclic) bond motifs is 1. The molecule has 3 atom stereocenters. The molecule has 1 saturated heterocycles. The maximum Gasteiger partial charge on any atom is 0.0910 e. The van der Waals surface area contributed by atoms with Crippen LogP contribution in [0.3, 0.4) is 0 Å². The Morgan fingerprint density at radius 2 is 2.05 bits per heavy atom. The van der Waals surface area contributed by atoms with Crippen LogP contribution in [0.25, 0.3) is 11.0 Å². The molecule has 4 heteroatoms. The van der Waals surface area contributed by atoms with E-state index in [4.69, 9.17) is 0 Å². The number of hydrogen-bond acceptors (Lipinski definition) is 4. The summed E-state index contributed by atoms with van der Waals surface area (Å²) < 4.78 is 0. The normalized spacial score (nSPS) is 26.0. The molecule has 4 nitrogen and oxygen atoms in total. The molecule has 3 unspecified atom stereocenters. The second-order valence-corrected chi connectivity index (χ2v) is 6.38. The van der Waals surface area contributed by atoms with Gasteiger partial charge in [0, 0.05) is 31.0 Å². The third kappa shape index (κ3) is 2.86. The number of piperidine rings is 1. The van der Waals surface area contributed by atoms with Crippen LogP contribution in [0, 0.1) is 12.8 Å². The average molecular weight is 284 g/mol. The molecule has 21 heavy (non-hydrogen) atoms. The van der Waals surface area contributed by atoms with Gasteiger partial charge in [-0.25, -0.2) is 4.98 Å². The van der Waals surface area contributed by atoms with E-state index < -0.39 is 0 Å². The van der Waals surface area contributed by atoms with Crippen molar-refractivity contribution in [2.24, 2.45) is 5.92 Å². The highest BCUT2D eigenvalue weighted by Gasteiger charge is 2.28. The lowest BCUT2D eigenvalue weighted by Crippen LogP contribution is -2.50. The summed E-state index contributed by atoms with van der Waals surface area (Å²) in [5, 5.41) is 3.56. The molecule has 0 saturated carbocycles. The molecule has 1 aromatic heterocycles. The summed E-state index contributed by atoms with van der Waals surface area (Å²) in [6.45, 7) is 7.66. The number of hydrogen-bond donors (Lipinski definition) is 1. The molecule has 0 radical (unpaired) electrons. The summed E-state index contributed by atoms with van der Waals surface area (Å²) in [5.74, 6) is 0.644. The number of aromatic nitrogens is 2. The Balaban J connectivity index is 1.91. The van der Waals surface area contributed by atoms with Gasteiger partial charge in [0.1, 0.15) is 0 Å². The minimum absolute atomic E-state index is 0.566. The lowest BCUT2D eigenvalue weighted by molar-refractivity contribution is 0.291. The van der Waals surface area contributed by atoms with Gasteiger partial charge in [0.25, 0.3) is 0 Å². The van der Waals surface area contributed by atoms with Gasteiger partial charge in [-0.1, -0.05) is 6.92 Å². The van der Waals surface area contributed by atoms with E-state index in [0.717, 1.165) is 23.3 Å². The van der Waals surface area contributed by atoms with Crippen molar-refractivity contribution in [3.8, 4) is 0 Å². The van der Waals surface area contributed by atoms with Crippen LogP contribution in [-0.2, 0) is 0 Å². The van der Waals surface area contributed by atoms with Crippen molar-refractivity contribution in [1.29, 1.82) is 0 Å². The van der Waals surface area contributed by atoms with Gasteiger partial charge in [-0.05, 0) is 50.9 Å². The Bertz CT molecular complexity index is 640. The van der Waals surface area contributed by atoms with Crippen LogP contribution in [0.4, 0.5) is 5.69 Å². The second kappa shape index (κ2) is 5.60. The Hall–Kier alpha value is -1.68. The number of rotatable bonds is 2. The first-order valence-corrected chi connectivity index (χ1v) is 7.74. The highest BCUT2D eigenvalue weighted by Crippen LogP contribution is 2.27. The maximum absolute atomic E-state index is 4.60. The molecule has 0 amide bonds. The van der Waals surface area contributed by atoms with E-state index in [1.54, 1.807) is 0 Å². The highest BCUT2D eigenvalue weighted by molar-refractivity contribution is 5.78. The van der Waals surface area contributed by atoms with Crippen molar-refractivity contribution in [1.82, 2.24) is 15.3 Å². The summed E-state index contributed by atoms with van der Waals surface area (Å²) in [6.07, 6.45) is 3.00.